The van der Waals surface area contributed by atoms with Gasteiger partial charge in [-0.1, -0.05) is 30.3 Å². The topological polar surface area (TPSA) is 65.5 Å². The largest absolute Gasteiger partial charge is 0.497 e. The van der Waals surface area contributed by atoms with E-state index in [4.69, 9.17) is 9.47 Å². The van der Waals surface area contributed by atoms with Crippen LogP contribution in [0.5, 0.6) is 5.75 Å². The zero-order chi connectivity index (χ0) is 18.4. The maximum Gasteiger partial charge on any atom is 0.339 e. The van der Waals surface area contributed by atoms with Crippen molar-refractivity contribution in [2.75, 3.05) is 7.11 Å². The number of carbonyl (C=O) groups excluding carboxylic acids is 2. The Labute approximate surface area is 151 Å². The Morgan fingerprint density at radius 2 is 1.50 bits per heavy atom. The number of aromatic nitrogens is 1. The summed E-state index contributed by atoms with van der Waals surface area (Å²) in [5, 5.41) is 0. The third-order valence-electron chi connectivity index (χ3n) is 3.86. The molecular formula is C21H17NO4. The average molecular weight is 347 g/mol. The highest BCUT2D eigenvalue weighted by atomic mass is 16.5. The first-order chi connectivity index (χ1) is 12.7. The monoisotopic (exact) mass is 347 g/mol. The first-order valence-electron chi connectivity index (χ1n) is 8.03. The highest BCUT2D eigenvalue weighted by Gasteiger charge is 2.26. The van der Waals surface area contributed by atoms with E-state index < -0.39 is 12.1 Å². The highest BCUT2D eigenvalue weighted by Crippen LogP contribution is 2.25. The number of pyridine rings is 1. The van der Waals surface area contributed by atoms with E-state index in [1.54, 1.807) is 67.8 Å². The van der Waals surface area contributed by atoms with Crippen LogP contribution in [0.2, 0.25) is 0 Å². The van der Waals surface area contributed by atoms with Crippen LogP contribution in [-0.2, 0) is 4.74 Å². The number of hydrogen-bond donors (Lipinski definition) is 0. The maximum atomic E-state index is 13.0. The van der Waals surface area contributed by atoms with E-state index in [1.807, 2.05) is 6.07 Å². The SMILES string of the molecule is COc1ccc(C(=O)C(OC(=O)c2ccncc2)c2ccccc2)cc1. The fourth-order valence-corrected chi connectivity index (χ4v) is 2.47. The molecule has 1 aromatic heterocycles. The normalized spacial score (nSPS) is 11.4. The maximum absolute atomic E-state index is 13.0. The van der Waals surface area contributed by atoms with Gasteiger partial charge in [0.15, 0.2) is 6.10 Å². The van der Waals surface area contributed by atoms with Crippen LogP contribution in [0.1, 0.15) is 32.4 Å². The Morgan fingerprint density at radius 1 is 0.846 bits per heavy atom. The predicted molar refractivity (Wildman–Crippen MR) is 96.2 cm³/mol. The van der Waals surface area contributed by atoms with Crippen LogP contribution in [-0.4, -0.2) is 23.8 Å². The molecule has 0 spiro atoms. The molecule has 130 valence electrons. The van der Waals surface area contributed by atoms with Crippen molar-refractivity contribution in [2.45, 2.75) is 6.10 Å². The zero-order valence-corrected chi connectivity index (χ0v) is 14.2. The number of nitrogens with zero attached hydrogens (tertiary/aromatic N) is 1. The molecule has 0 amide bonds. The summed E-state index contributed by atoms with van der Waals surface area (Å²) in [6.07, 6.45) is 1.96. The summed E-state index contributed by atoms with van der Waals surface area (Å²) in [7, 11) is 1.56. The van der Waals surface area contributed by atoms with Crippen molar-refractivity contribution in [3.63, 3.8) is 0 Å². The summed E-state index contributed by atoms with van der Waals surface area (Å²) < 4.78 is 10.7. The van der Waals surface area contributed by atoms with Crippen molar-refractivity contribution >= 4 is 11.8 Å². The summed E-state index contributed by atoms with van der Waals surface area (Å²) in [6, 6.07) is 18.7. The molecule has 0 saturated carbocycles. The number of carbonyl (C=O) groups is 2. The van der Waals surface area contributed by atoms with Crippen LogP contribution in [0.3, 0.4) is 0 Å². The fourth-order valence-electron chi connectivity index (χ4n) is 2.47. The minimum Gasteiger partial charge on any atom is -0.497 e. The number of rotatable bonds is 6. The van der Waals surface area contributed by atoms with Crippen molar-refractivity contribution in [2.24, 2.45) is 0 Å². The molecule has 0 fully saturated rings. The minimum atomic E-state index is -1.04. The van der Waals surface area contributed by atoms with Gasteiger partial charge in [-0.15, -0.1) is 0 Å². The molecule has 26 heavy (non-hydrogen) atoms. The number of methoxy groups -OCH3 is 1. The van der Waals surface area contributed by atoms with Crippen molar-refractivity contribution in [1.29, 1.82) is 0 Å². The Bertz CT molecular complexity index is 877. The molecule has 5 nitrogen and oxygen atoms in total. The van der Waals surface area contributed by atoms with Gasteiger partial charge >= 0.3 is 5.97 Å². The molecule has 1 unspecified atom stereocenters. The van der Waals surface area contributed by atoms with Crippen LogP contribution in [0.4, 0.5) is 0 Å². The smallest absolute Gasteiger partial charge is 0.339 e. The van der Waals surface area contributed by atoms with Gasteiger partial charge in [0.2, 0.25) is 5.78 Å². The first-order valence-corrected chi connectivity index (χ1v) is 8.03. The lowest BCUT2D eigenvalue weighted by Gasteiger charge is -2.17. The molecule has 3 aromatic rings. The van der Waals surface area contributed by atoms with Gasteiger partial charge in [0.05, 0.1) is 12.7 Å². The Hall–Kier alpha value is -3.47. The molecule has 0 N–H and O–H groups in total. The number of hydrogen-bond acceptors (Lipinski definition) is 5. The third kappa shape index (κ3) is 3.95. The van der Waals surface area contributed by atoms with Gasteiger partial charge in [0.1, 0.15) is 5.75 Å². The molecule has 0 aliphatic carbocycles. The lowest BCUT2D eigenvalue weighted by molar-refractivity contribution is 0.0280. The summed E-state index contributed by atoms with van der Waals surface area (Å²) in [5.74, 6) is -0.240. The van der Waals surface area contributed by atoms with E-state index in [2.05, 4.69) is 4.98 Å². The first kappa shape index (κ1) is 17.4. The van der Waals surface area contributed by atoms with Gasteiger partial charge in [-0.25, -0.2) is 4.79 Å². The van der Waals surface area contributed by atoms with Gasteiger partial charge in [-0.05, 0) is 36.4 Å². The Balaban J connectivity index is 1.90. The van der Waals surface area contributed by atoms with Crippen LogP contribution in [0.25, 0.3) is 0 Å². The van der Waals surface area contributed by atoms with E-state index in [1.165, 1.54) is 12.4 Å². The summed E-state index contributed by atoms with van der Waals surface area (Å²) in [5.41, 5.74) is 1.38. The van der Waals surface area contributed by atoms with Crippen LogP contribution in [0.15, 0.2) is 79.1 Å². The van der Waals surface area contributed by atoms with Gasteiger partial charge in [-0.3, -0.25) is 9.78 Å². The molecule has 1 atom stereocenters. The second-order valence-corrected chi connectivity index (χ2v) is 5.52. The highest BCUT2D eigenvalue weighted by molar-refractivity contribution is 6.02. The summed E-state index contributed by atoms with van der Waals surface area (Å²) in [6.45, 7) is 0. The van der Waals surface area contributed by atoms with E-state index in [9.17, 15) is 9.59 Å². The Morgan fingerprint density at radius 3 is 2.12 bits per heavy atom. The van der Waals surface area contributed by atoms with Gasteiger partial charge < -0.3 is 9.47 Å². The molecule has 0 bridgehead atoms. The lowest BCUT2D eigenvalue weighted by Crippen LogP contribution is -2.20. The van der Waals surface area contributed by atoms with Crippen molar-refractivity contribution in [1.82, 2.24) is 4.98 Å². The van der Waals surface area contributed by atoms with Crippen LogP contribution >= 0.6 is 0 Å². The van der Waals surface area contributed by atoms with Gasteiger partial charge in [-0.2, -0.15) is 0 Å². The molecule has 0 aliphatic rings. The third-order valence-corrected chi connectivity index (χ3v) is 3.86. The summed E-state index contributed by atoms with van der Waals surface area (Å²) in [4.78, 5) is 29.3. The van der Waals surface area contributed by atoms with E-state index in [0.717, 1.165) is 0 Å². The zero-order valence-electron chi connectivity index (χ0n) is 14.2. The Kier molecular flexibility index (Phi) is 5.39. The molecule has 0 saturated heterocycles. The predicted octanol–water partition coefficient (Wildman–Crippen LogP) is 3.87. The summed E-state index contributed by atoms with van der Waals surface area (Å²) >= 11 is 0. The number of benzene rings is 2. The second kappa shape index (κ2) is 8.07. The van der Waals surface area contributed by atoms with Crippen LogP contribution < -0.4 is 4.74 Å². The molecule has 2 aromatic carbocycles. The van der Waals surface area contributed by atoms with Gasteiger partial charge in [0.25, 0.3) is 0 Å². The van der Waals surface area contributed by atoms with Crippen molar-refractivity contribution in [3.05, 3.63) is 95.8 Å². The van der Waals surface area contributed by atoms with Gasteiger partial charge in [0, 0.05) is 23.5 Å². The fraction of sp³-hybridized carbons (Fsp3) is 0.0952. The number of ether oxygens (including phenoxy) is 2. The molecule has 5 heteroatoms. The number of Topliss-reactive ketones (excluding diaryl/α,β-unsaturated/α-hetero) is 1. The molecule has 1 heterocycles. The minimum absolute atomic E-state index is 0.304. The molecule has 0 radical (unpaired) electrons. The quantitative estimate of drug-likeness (QED) is 0.500. The number of ketones is 1. The van der Waals surface area contributed by atoms with Crippen molar-refractivity contribution < 1.29 is 19.1 Å². The average Bonchev–Trinajstić information content (AvgIpc) is 2.72. The molecule has 0 aliphatic heterocycles. The molecule has 3 rings (SSSR count). The van der Waals surface area contributed by atoms with E-state index in [0.29, 0.717) is 22.4 Å². The van der Waals surface area contributed by atoms with Crippen molar-refractivity contribution in [3.8, 4) is 5.75 Å². The lowest BCUT2D eigenvalue weighted by atomic mass is 9.99. The van der Waals surface area contributed by atoms with E-state index in [-0.39, 0.29) is 5.78 Å². The number of esters is 1. The van der Waals surface area contributed by atoms with Crippen LogP contribution in [0, 0.1) is 0 Å². The second-order valence-electron chi connectivity index (χ2n) is 5.52. The van der Waals surface area contributed by atoms with E-state index >= 15 is 0 Å². The molecular weight excluding hydrogens is 330 g/mol. The standard InChI is InChI=1S/C21H17NO4/c1-25-18-9-7-15(8-10-18)19(23)20(16-5-3-2-4-6-16)26-21(24)17-11-13-22-14-12-17/h2-14,20H,1H3.